The molecular weight excluding hydrogens is 394 g/mol. The van der Waals surface area contributed by atoms with Crippen molar-refractivity contribution in [2.45, 2.75) is 12.9 Å². The third kappa shape index (κ3) is 4.95. The summed E-state index contributed by atoms with van der Waals surface area (Å²) in [5.41, 5.74) is 0.912. The van der Waals surface area contributed by atoms with E-state index in [1.54, 1.807) is 0 Å². The minimum Gasteiger partial charge on any atom is -0.406 e. The first kappa shape index (κ1) is 18.3. The van der Waals surface area contributed by atoms with E-state index in [1.165, 1.54) is 54.4 Å². The van der Waals surface area contributed by atoms with E-state index in [1.807, 2.05) is 0 Å². The summed E-state index contributed by atoms with van der Waals surface area (Å²) in [6, 6.07) is 8.94. The van der Waals surface area contributed by atoms with Crippen LogP contribution in [-0.4, -0.2) is 24.2 Å². The Morgan fingerprint density at radius 3 is 2.33 bits per heavy atom. The average molecular weight is 406 g/mol. The lowest BCUT2D eigenvalue weighted by Crippen LogP contribution is -2.26. The Morgan fingerprint density at radius 1 is 1.17 bits per heavy atom. The molecule has 0 spiro atoms. The van der Waals surface area contributed by atoms with Gasteiger partial charge in [-0.15, -0.1) is 13.2 Å². The maximum Gasteiger partial charge on any atom is 0.573 e. The van der Waals surface area contributed by atoms with Crippen LogP contribution in [0.15, 0.2) is 46.9 Å². The first-order valence-electron chi connectivity index (χ1n) is 6.71. The second kappa shape index (κ2) is 7.21. The van der Waals surface area contributed by atoms with Gasteiger partial charge in [-0.05, 0) is 51.8 Å². The second-order valence-corrected chi connectivity index (χ2v) is 5.83. The molecule has 0 bridgehead atoms. The van der Waals surface area contributed by atoms with E-state index in [4.69, 9.17) is 0 Å². The van der Waals surface area contributed by atoms with Gasteiger partial charge in [0.05, 0.1) is 5.56 Å². The Kier molecular flexibility index (Phi) is 5.48. The SMILES string of the molecule is CN(Cc1ccc(OC(F)(F)F)cc1)C(=O)c1ccc(F)cc1Br. The van der Waals surface area contributed by atoms with Crippen LogP contribution in [0.4, 0.5) is 17.6 Å². The number of hydrogen-bond acceptors (Lipinski definition) is 2. The molecule has 0 unspecified atom stereocenters. The molecule has 0 atom stereocenters. The molecule has 0 aromatic heterocycles. The van der Waals surface area contributed by atoms with Crippen molar-refractivity contribution < 1.29 is 27.1 Å². The molecule has 0 aliphatic carbocycles. The van der Waals surface area contributed by atoms with Crippen molar-refractivity contribution in [3.63, 3.8) is 0 Å². The molecule has 0 heterocycles. The van der Waals surface area contributed by atoms with E-state index in [0.717, 1.165) is 0 Å². The van der Waals surface area contributed by atoms with Gasteiger partial charge in [0.25, 0.3) is 5.91 Å². The van der Waals surface area contributed by atoms with E-state index in [0.29, 0.717) is 10.0 Å². The fourth-order valence-corrected chi connectivity index (χ4v) is 2.53. The molecule has 2 aromatic rings. The van der Waals surface area contributed by atoms with Gasteiger partial charge in [0, 0.05) is 18.1 Å². The van der Waals surface area contributed by atoms with Crippen molar-refractivity contribution in [1.82, 2.24) is 4.90 Å². The normalized spacial score (nSPS) is 11.2. The average Bonchev–Trinajstić information content (AvgIpc) is 2.47. The smallest absolute Gasteiger partial charge is 0.406 e. The standard InChI is InChI=1S/C16H12BrF4NO2/c1-22(15(23)13-7-4-11(18)8-14(13)17)9-10-2-5-12(6-3-10)24-16(19,20)21/h2-8H,9H2,1H3. The zero-order valence-corrected chi connectivity index (χ0v) is 14.0. The van der Waals surface area contributed by atoms with Gasteiger partial charge in [0.15, 0.2) is 0 Å². The van der Waals surface area contributed by atoms with Gasteiger partial charge < -0.3 is 9.64 Å². The maximum atomic E-state index is 13.1. The quantitative estimate of drug-likeness (QED) is 0.686. The summed E-state index contributed by atoms with van der Waals surface area (Å²) in [6.45, 7) is 0.176. The lowest BCUT2D eigenvalue weighted by molar-refractivity contribution is -0.274. The number of nitrogens with zero attached hydrogens (tertiary/aromatic N) is 1. The first-order valence-corrected chi connectivity index (χ1v) is 7.50. The van der Waals surface area contributed by atoms with Gasteiger partial charge in [-0.2, -0.15) is 0 Å². The van der Waals surface area contributed by atoms with E-state index in [-0.39, 0.29) is 23.8 Å². The number of benzene rings is 2. The number of rotatable bonds is 4. The predicted octanol–water partition coefficient (Wildman–Crippen LogP) is 4.76. The molecule has 24 heavy (non-hydrogen) atoms. The monoisotopic (exact) mass is 405 g/mol. The van der Waals surface area contributed by atoms with E-state index in [9.17, 15) is 22.4 Å². The van der Waals surface area contributed by atoms with Gasteiger partial charge in [-0.3, -0.25) is 4.79 Å². The second-order valence-electron chi connectivity index (χ2n) is 4.98. The number of carbonyl (C=O) groups is 1. The minimum atomic E-state index is -4.75. The third-order valence-electron chi connectivity index (χ3n) is 3.08. The topological polar surface area (TPSA) is 29.5 Å². The number of hydrogen-bond donors (Lipinski definition) is 0. The first-order chi connectivity index (χ1) is 11.2. The molecule has 0 radical (unpaired) electrons. The van der Waals surface area contributed by atoms with E-state index in [2.05, 4.69) is 20.7 Å². The fraction of sp³-hybridized carbons (Fsp3) is 0.188. The number of halogens is 5. The van der Waals surface area contributed by atoms with Crippen LogP contribution in [0.3, 0.4) is 0 Å². The maximum absolute atomic E-state index is 13.1. The largest absolute Gasteiger partial charge is 0.573 e. The Morgan fingerprint density at radius 2 is 1.79 bits per heavy atom. The van der Waals surface area contributed by atoms with Gasteiger partial charge in [0.1, 0.15) is 11.6 Å². The molecule has 128 valence electrons. The fourth-order valence-electron chi connectivity index (χ4n) is 2.01. The Bertz CT molecular complexity index is 732. The van der Waals surface area contributed by atoms with Crippen LogP contribution in [0.5, 0.6) is 5.75 Å². The van der Waals surface area contributed by atoms with Crippen LogP contribution in [0.2, 0.25) is 0 Å². The molecule has 0 saturated heterocycles. The highest BCUT2D eigenvalue weighted by Gasteiger charge is 2.31. The van der Waals surface area contributed by atoms with Gasteiger partial charge >= 0.3 is 6.36 Å². The molecule has 0 aliphatic rings. The summed E-state index contributed by atoms with van der Waals surface area (Å²) in [7, 11) is 1.54. The lowest BCUT2D eigenvalue weighted by Gasteiger charge is -2.18. The molecule has 2 rings (SSSR count). The summed E-state index contributed by atoms with van der Waals surface area (Å²) >= 11 is 3.13. The highest BCUT2D eigenvalue weighted by molar-refractivity contribution is 9.10. The lowest BCUT2D eigenvalue weighted by atomic mass is 10.1. The molecule has 3 nitrogen and oxygen atoms in total. The molecule has 2 aromatic carbocycles. The van der Waals surface area contributed by atoms with Gasteiger partial charge in [-0.25, -0.2) is 4.39 Å². The molecule has 1 amide bonds. The van der Waals surface area contributed by atoms with Crippen LogP contribution in [0.1, 0.15) is 15.9 Å². The van der Waals surface area contributed by atoms with Crippen LogP contribution in [-0.2, 0) is 6.54 Å². The zero-order chi connectivity index (χ0) is 17.9. The summed E-state index contributed by atoms with van der Waals surface area (Å²) in [6.07, 6.45) is -4.75. The summed E-state index contributed by atoms with van der Waals surface area (Å²) in [5.74, 6) is -1.15. The van der Waals surface area contributed by atoms with Crippen molar-refractivity contribution in [3.8, 4) is 5.75 Å². The number of amides is 1. The van der Waals surface area contributed by atoms with Crippen molar-refractivity contribution >= 4 is 21.8 Å². The predicted molar refractivity (Wildman–Crippen MR) is 83.0 cm³/mol. The van der Waals surface area contributed by atoms with Gasteiger partial charge in [-0.1, -0.05) is 12.1 Å². The van der Waals surface area contributed by atoms with E-state index >= 15 is 0 Å². The van der Waals surface area contributed by atoms with Crippen LogP contribution < -0.4 is 4.74 Å². The number of carbonyl (C=O) groups excluding carboxylic acids is 1. The molecule has 0 N–H and O–H groups in total. The zero-order valence-electron chi connectivity index (χ0n) is 12.4. The summed E-state index contributed by atoms with van der Waals surface area (Å²) in [5, 5.41) is 0. The van der Waals surface area contributed by atoms with Crippen molar-refractivity contribution in [2.75, 3.05) is 7.05 Å². The molecule has 0 aliphatic heterocycles. The molecular formula is C16H12BrF4NO2. The van der Waals surface area contributed by atoms with Gasteiger partial charge in [0.2, 0.25) is 0 Å². The number of alkyl halides is 3. The third-order valence-corrected chi connectivity index (χ3v) is 3.74. The Hall–Kier alpha value is -2.09. The van der Waals surface area contributed by atoms with Crippen LogP contribution in [0, 0.1) is 5.82 Å². The van der Waals surface area contributed by atoms with Crippen LogP contribution in [0.25, 0.3) is 0 Å². The highest BCUT2D eigenvalue weighted by atomic mass is 79.9. The summed E-state index contributed by atoms with van der Waals surface area (Å²) in [4.78, 5) is 13.7. The van der Waals surface area contributed by atoms with Crippen molar-refractivity contribution in [2.24, 2.45) is 0 Å². The highest BCUT2D eigenvalue weighted by Crippen LogP contribution is 2.24. The van der Waals surface area contributed by atoms with Crippen molar-refractivity contribution in [1.29, 1.82) is 0 Å². The summed E-state index contributed by atoms with van der Waals surface area (Å²) < 4.78 is 53.5. The van der Waals surface area contributed by atoms with E-state index < -0.39 is 12.2 Å². The minimum absolute atomic E-state index is 0.176. The molecule has 0 fully saturated rings. The molecule has 8 heteroatoms. The van der Waals surface area contributed by atoms with Crippen molar-refractivity contribution in [3.05, 3.63) is 63.9 Å². The number of ether oxygens (including phenoxy) is 1. The Labute approximate surface area is 144 Å². The Balaban J connectivity index is 2.06. The molecule has 0 saturated carbocycles. The van der Waals surface area contributed by atoms with Crippen LogP contribution >= 0.6 is 15.9 Å².